The van der Waals surface area contributed by atoms with Gasteiger partial charge in [-0.3, -0.25) is 4.79 Å². The molecule has 4 heteroatoms. The largest absolute Gasteiger partial charge is 0.489 e. The highest BCUT2D eigenvalue weighted by Crippen LogP contribution is 2.27. The van der Waals surface area contributed by atoms with Gasteiger partial charge in [0.1, 0.15) is 17.9 Å². The van der Waals surface area contributed by atoms with Gasteiger partial charge in [-0.1, -0.05) is 32.9 Å². The van der Waals surface area contributed by atoms with E-state index in [1.165, 1.54) is 12.7 Å². The lowest BCUT2D eigenvalue weighted by molar-refractivity contribution is -0.142. The summed E-state index contributed by atoms with van der Waals surface area (Å²) in [7, 11) is 1.41. The Bertz CT molecular complexity index is 479. The van der Waals surface area contributed by atoms with Crippen molar-refractivity contribution in [2.45, 2.75) is 44.8 Å². The van der Waals surface area contributed by atoms with E-state index in [1.54, 1.807) is 0 Å². The number of esters is 1. The van der Waals surface area contributed by atoms with Crippen LogP contribution in [0.3, 0.4) is 0 Å². The van der Waals surface area contributed by atoms with Gasteiger partial charge in [-0.25, -0.2) is 0 Å². The molecule has 0 radical (unpaired) electrons. The van der Waals surface area contributed by atoms with E-state index in [0.29, 0.717) is 13.0 Å². The minimum Gasteiger partial charge on any atom is -0.489 e. The molecule has 2 atom stereocenters. The van der Waals surface area contributed by atoms with Gasteiger partial charge in [-0.05, 0) is 23.1 Å². The van der Waals surface area contributed by atoms with Crippen LogP contribution in [0.25, 0.3) is 0 Å². The second kappa shape index (κ2) is 5.83. The van der Waals surface area contributed by atoms with Gasteiger partial charge in [-0.15, -0.1) is 0 Å². The van der Waals surface area contributed by atoms with Gasteiger partial charge in [0.05, 0.1) is 7.11 Å². The molecule has 0 aliphatic carbocycles. The first-order valence-electron chi connectivity index (χ1n) is 6.98. The van der Waals surface area contributed by atoms with Crippen LogP contribution in [0, 0.1) is 0 Å². The molecule has 1 aliphatic heterocycles. The molecule has 0 spiro atoms. The van der Waals surface area contributed by atoms with Crippen LogP contribution in [0.1, 0.15) is 32.8 Å². The Kier molecular flexibility index (Phi) is 4.33. The van der Waals surface area contributed by atoms with Crippen molar-refractivity contribution in [3.05, 3.63) is 29.8 Å². The first-order chi connectivity index (χ1) is 9.40. The first kappa shape index (κ1) is 14.9. The molecule has 1 aromatic carbocycles. The van der Waals surface area contributed by atoms with Crippen molar-refractivity contribution in [2.24, 2.45) is 0 Å². The van der Waals surface area contributed by atoms with Crippen molar-refractivity contribution in [1.29, 1.82) is 0 Å². The maximum atomic E-state index is 11.5. The minimum atomic E-state index is -0.254. The highest BCUT2D eigenvalue weighted by molar-refractivity contribution is 5.76. The summed E-state index contributed by atoms with van der Waals surface area (Å²) in [5.74, 6) is 0.634. The van der Waals surface area contributed by atoms with Crippen molar-refractivity contribution in [2.75, 3.05) is 13.7 Å². The Hall–Kier alpha value is -1.55. The number of carbonyl (C=O) groups excluding carboxylic acids is 1. The molecule has 0 unspecified atom stereocenters. The van der Waals surface area contributed by atoms with Crippen LogP contribution in [-0.4, -0.2) is 31.8 Å². The second-order valence-corrected chi connectivity index (χ2v) is 6.24. The van der Waals surface area contributed by atoms with Crippen molar-refractivity contribution in [3.8, 4) is 5.75 Å². The number of ether oxygens (including phenoxy) is 2. The van der Waals surface area contributed by atoms with Crippen LogP contribution in [0.15, 0.2) is 24.3 Å². The molecule has 0 saturated carbocycles. The molecular weight excluding hydrogens is 254 g/mol. The molecule has 1 aromatic rings. The first-order valence-corrected chi connectivity index (χ1v) is 6.98. The lowest BCUT2D eigenvalue weighted by Gasteiger charge is -2.21. The Morgan fingerprint density at radius 1 is 1.35 bits per heavy atom. The van der Waals surface area contributed by atoms with E-state index >= 15 is 0 Å². The summed E-state index contributed by atoms with van der Waals surface area (Å²) in [4.78, 5) is 11.5. The molecule has 1 aliphatic rings. The number of hydrogen-bond acceptors (Lipinski definition) is 4. The third-order valence-corrected chi connectivity index (χ3v) is 3.58. The van der Waals surface area contributed by atoms with Gasteiger partial charge >= 0.3 is 5.97 Å². The summed E-state index contributed by atoms with van der Waals surface area (Å²) in [6.45, 7) is 7.20. The molecule has 1 fully saturated rings. The molecular formula is C16H23NO3. The van der Waals surface area contributed by atoms with E-state index in [0.717, 1.165) is 5.75 Å². The highest BCUT2D eigenvalue weighted by atomic mass is 16.5. The van der Waals surface area contributed by atoms with E-state index in [-0.39, 0.29) is 23.5 Å². The summed E-state index contributed by atoms with van der Waals surface area (Å²) in [5.41, 5.74) is 1.34. The summed E-state index contributed by atoms with van der Waals surface area (Å²) in [5, 5.41) is 3.12. The van der Waals surface area contributed by atoms with Crippen LogP contribution in [0.2, 0.25) is 0 Å². The SMILES string of the molecule is COC(=O)[C@@H]1C[C@H](Oc2cccc(C(C)(C)C)c2)CN1. The summed E-state index contributed by atoms with van der Waals surface area (Å²) < 4.78 is 10.7. The van der Waals surface area contributed by atoms with Crippen LogP contribution < -0.4 is 10.1 Å². The third kappa shape index (κ3) is 3.51. The molecule has 0 aromatic heterocycles. The Morgan fingerprint density at radius 3 is 2.75 bits per heavy atom. The number of hydrogen-bond donors (Lipinski definition) is 1. The fourth-order valence-electron chi connectivity index (χ4n) is 2.34. The van der Waals surface area contributed by atoms with Gasteiger partial charge in [0.2, 0.25) is 0 Å². The van der Waals surface area contributed by atoms with Crippen LogP contribution in [0.5, 0.6) is 5.75 Å². The van der Waals surface area contributed by atoms with E-state index in [1.807, 2.05) is 12.1 Å². The van der Waals surface area contributed by atoms with Crippen molar-refractivity contribution in [1.82, 2.24) is 5.32 Å². The minimum absolute atomic E-state index is 0.00863. The van der Waals surface area contributed by atoms with Gasteiger partial charge in [-0.2, -0.15) is 0 Å². The predicted octanol–water partition coefficient (Wildman–Crippen LogP) is 2.27. The van der Waals surface area contributed by atoms with Gasteiger partial charge in [0.25, 0.3) is 0 Å². The predicted molar refractivity (Wildman–Crippen MR) is 78.0 cm³/mol. The van der Waals surface area contributed by atoms with Gasteiger partial charge < -0.3 is 14.8 Å². The number of methoxy groups -OCH3 is 1. The number of benzene rings is 1. The van der Waals surface area contributed by atoms with E-state index < -0.39 is 0 Å². The zero-order chi connectivity index (χ0) is 14.8. The summed E-state index contributed by atoms with van der Waals surface area (Å²) >= 11 is 0. The lowest BCUT2D eigenvalue weighted by Crippen LogP contribution is -2.31. The molecule has 1 saturated heterocycles. The smallest absolute Gasteiger partial charge is 0.323 e. The summed E-state index contributed by atoms with van der Waals surface area (Å²) in [6.07, 6.45) is 0.654. The van der Waals surface area contributed by atoms with E-state index in [9.17, 15) is 4.79 Å². The van der Waals surface area contributed by atoms with E-state index in [2.05, 4.69) is 38.2 Å². The Morgan fingerprint density at radius 2 is 2.10 bits per heavy atom. The zero-order valence-corrected chi connectivity index (χ0v) is 12.6. The van der Waals surface area contributed by atoms with Crippen LogP contribution in [-0.2, 0) is 14.9 Å². The molecule has 0 bridgehead atoms. The Balaban J connectivity index is 2.00. The standard InChI is InChI=1S/C16H23NO3/c1-16(2,3)11-6-5-7-12(8-11)20-13-9-14(17-10-13)15(18)19-4/h5-8,13-14,17H,9-10H2,1-4H3/t13-,14-/m0/s1. The van der Waals surface area contributed by atoms with Gasteiger partial charge in [0, 0.05) is 13.0 Å². The topological polar surface area (TPSA) is 47.6 Å². The van der Waals surface area contributed by atoms with E-state index in [4.69, 9.17) is 9.47 Å². The fourth-order valence-corrected chi connectivity index (χ4v) is 2.34. The molecule has 1 N–H and O–H groups in total. The average molecular weight is 277 g/mol. The Labute approximate surface area is 120 Å². The average Bonchev–Trinajstić information content (AvgIpc) is 2.85. The molecule has 20 heavy (non-hydrogen) atoms. The number of rotatable bonds is 3. The van der Waals surface area contributed by atoms with Crippen molar-refractivity contribution < 1.29 is 14.3 Å². The lowest BCUT2D eigenvalue weighted by atomic mass is 9.87. The number of nitrogens with one attached hydrogen (secondary N) is 1. The molecule has 4 nitrogen and oxygen atoms in total. The maximum absolute atomic E-state index is 11.5. The monoisotopic (exact) mass is 277 g/mol. The number of carbonyl (C=O) groups is 1. The molecule has 110 valence electrons. The van der Waals surface area contributed by atoms with Crippen LogP contribution >= 0.6 is 0 Å². The highest BCUT2D eigenvalue weighted by Gasteiger charge is 2.31. The fraction of sp³-hybridized carbons (Fsp3) is 0.562. The quantitative estimate of drug-likeness (QED) is 0.861. The molecule has 0 amide bonds. The van der Waals surface area contributed by atoms with Gasteiger partial charge in [0.15, 0.2) is 0 Å². The summed E-state index contributed by atoms with van der Waals surface area (Å²) in [6, 6.07) is 7.90. The zero-order valence-electron chi connectivity index (χ0n) is 12.6. The van der Waals surface area contributed by atoms with Crippen molar-refractivity contribution in [3.63, 3.8) is 0 Å². The molecule has 1 heterocycles. The second-order valence-electron chi connectivity index (χ2n) is 6.24. The maximum Gasteiger partial charge on any atom is 0.323 e. The normalized spacial score (nSPS) is 22.6. The van der Waals surface area contributed by atoms with Crippen LogP contribution in [0.4, 0.5) is 0 Å². The molecule has 2 rings (SSSR count). The third-order valence-electron chi connectivity index (χ3n) is 3.58. The van der Waals surface area contributed by atoms with Crippen molar-refractivity contribution >= 4 is 5.97 Å².